The predicted octanol–water partition coefficient (Wildman–Crippen LogP) is 6.69. The van der Waals surface area contributed by atoms with Gasteiger partial charge < -0.3 is 19.5 Å². The summed E-state index contributed by atoms with van der Waals surface area (Å²) in [6.45, 7) is 12.7. The molecule has 0 bridgehead atoms. The van der Waals surface area contributed by atoms with E-state index in [-0.39, 0.29) is 30.3 Å². The zero-order valence-corrected chi connectivity index (χ0v) is 23.9. The lowest BCUT2D eigenvalue weighted by Crippen LogP contribution is -2.41. The van der Waals surface area contributed by atoms with Gasteiger partial charge in [-0.05, 0) is 103 Å². The molecule has 2 fully saturated rings. The van der Waals surface area contributed by atoms with Gasteiger partial charge in [-0.15, -0.1) is 0 Å². The monoisotopic (exact) mass is 514 g/mol. The van der Waals surface area contributed by atoms with E-state index in [0.717, 1.165) is 46.8 Å². The third-order valence-electron chi connectivity index (χ3n) is 9.65. The van der Waals surface area contributed by atoms with Crippen LogP contribution in [0.2, 0.25) is 0 Å². The number of aliphatic hydroxyl groups excluding tert-OH is 2. The quantitative estimate of drug-likeness (QED) is 0.360. The second-order valence-corrected chi connectivity index (χ2v) is 12.7. The van der Waals surface area contributed by atoms with Crippen molar-refractivity contribution < 1.29 is 19.5 Å². The molecule has 5 rings (SSSR count). The first-order chi connectivity index (χ1) is 18.0. The lowest BCUT2D eigenvalue weighted by atomic mass is 9.63. The highest BCUT2D eigenvalue weighted by atomic mass is 16.7. The highest BCUT2D eigenvalue weighted by Crippen LogP contribution is 2.47. The van der Waals surface area contributed by atoms with Crippen molar-refractivity contribution in [1.29, 1.82) is 0 Å². The molecule has 0 spiro atoms. The van der Waals surface area contributed by atoms with Crippen molar-refractivity contribution >= 4 is 23.4 Å². The van der Waals surface area contributed by atoms with Crippen molar-refractivity contribution in [2.24, 2.45) is 5.92 Å². The minimum absolute atomic E-state index is 0.0355. The van der Waals surface area contributed by atoms with Crippen molar-refractivity contribution in [3.8, 4) is 11.1 Å². The van der Waals surface area contributed by atoms with Crippen LogP contribution in [-0.4, -0.2) is 35.1 Å². The average Bonchev–Trinajstić information content (AvgIpc) is 3.13. The van der Waals surface area contributed by atoms with E-state index in [1.807, 2.05) is 6.07 Å². The molecule has 1 saturated carbocycles. The van der Waals surface area contributed by atoms with Crippen LogP contribution < -0.4 is 5.46 Å². The van der Waals surface area contributed by atoms with E-state index in [1.165, 1.54) is 23.8 Å². The molecule has 202 valence electrons. The first-order valence-electron chi connectivity index (χ1n) is 14.3. The molecule has 1 aliphatic heterocycles. The van der Waals surface area contributed by atoms with Gasteiger partial charge in [-0.25, -0.2) is 0 Å². The van der Waals surface area contributed by atoms with Gasteiger partial charge in [-0.1, -0.05) is 75.2 Å². The Balaban J connectivity index is 1.51. The topological polar surface area (TPSA) is 58.9 Å². The summed E-state index contributed by atoms with van der Waals surface area (Å²) in [4.78, 5) is 0. The molecule has 2 aliphatic rings. The zero-order chi connectivity index (χ0) is 27.3. The van der Waals surface area contributed by atoms with Crippen LogP contribution in [0.4, 0.5) is 0 Å². The fraction of sp³-hybridized carbons (Fsp3) is 0.515. The molecule has 3 aromatic carbocycles. The van der Waals surface area contributed by atoms with Crippen LogP contribution in [0.1, 0.15) is 90.9 Å². The number of fused-ring (bicyclic) bond motifs is 1. The maximum absolute atomic E-state index is 10.7. The van der Waals surface area contributed by atoms with Crippen molar-refractivity contribution in [3.63, 3.8) is 0 Å². The molecule has 1 aliphatic carbocycles. The molecule has 1 saturated heterocycles. The van der Waals surface area contributed by atoms with Crippen LogP contribution in [0, 0.1) is 5.92 Å². The van der Waals surface area contributed by atoms with E-state index < -0.39 is 6.10 Å². The van der Waals surface area contributed by atoms with Crippen LogP contribution in [0.25, 0.3) is 21.9 Å². The molecule has 4 nitrogen and oxygen atoms in total. The first-order valence-corrected chi connectivity index (χ1v) is 14.3. The number of hydrogen-bond donors (Lipinski definition) is 2. The fourth-order valence-electron chi connectivity index (χ4n) is 6.57. The van der Waals surface area contributed by atoms with Gasteiger partial charge >= 0.3 is 7.12 Å². The second-order valence-electron chi connectivity index (χ2n) is 12.7. The molecule has 3 atom stereocenters. The van der Waals surface area contributed by atoms with E-state index in [0.29, 0.717) is 5.92 Å². The molecule has 2 N–H and O–H groups in total. The standard InChI is InChI=1S/C33H43BO4/c1-7-33(16-8-9-22(2)20-33)29-19-26(13-15-28(29)30(36)21-35)23-10-11-25-18-27(14-12-24(25)17-23)34-37-31(3,4)32(5,6)38-34/h10-15,17-19,22,30,35-36H,7-9,16,20-21H2,1-6H3. The summed E-state index contributed by atoms with van der Waals surface area (Å²) in [5.74, 6) is 0.658. The molecule has 3 aromatic rings. The van der Waals surface area contributed by atoms with Crippen molar-refractivity contribution in [1.82, 2.24) is 0 Å². The minimum atomic E-state index is -0.857. The summed E-state index contributed by atoms with van der Waals surface area (Å²) in [5.41, 5.74) is 4.73. The summed E-state index contributed by atoms with van der Waals surface area (Å²) < 4.78 is 12.5. The predicted molar refractivity (Wildman–Crippen MR) is 157 cm³/mol. The number of rotatable bonds is 6. The largest absolute Gasteiger partial charge is 0.494 e. The zero-order valence-electron chi connectivity index (χ0n) is 23.9. The maximum Gasteiger partial charge on any atom is 0.494 e. The van der Waals surface area contributed by atoms with Crippen LogP contribution in [0.15, 0.2) is 54.6 Å². The molecule has 38 heavy (non-hydrogen) atoms. The smallest absolute Gasteiger partial charge is 0.399 e. The van der Waals surface area contributed by atoms with Gasteiger partial charge in [0.15, 0.2) is 0 Å². The highest BCUT2D eigenvalue weighted by Gasteiger charge is 2.51. The summed E-state index contributed by atoms with van der Waals surface area (Å²) in [5, 5.41) is 22.9. The van der Waals surface area contributed by atoms with E-state index in [1.54, 1.807) is 0 Å². The van der Waals surface area contributed by atoms with Gasteiger partial charge in [0.25, 0.3) is 0 Å². The van der Waals surface area contributed by atoms with Crippen LogP contribution in [0.5, 0.6) is 0 Å². The van der Waals surface area contributed by atoms with Gasteiger partial charge in [0.05, 0.1) is 17.8 Å². The molecule has 0 radical (unpaired) electrons. The average molecular weight is 515 g/mol. The molecule has 5 heteroatoms. The number of aliphatic hydroxyl groups is 2. The third-order valence-corrected chi connectivity index (χ3v) is 9.65. The Labute approximate surface area is 228 Å². The van der Waals surface area contributed by atoms with E-state index in [2.05, 4.69) is 90.1 Å². The van der Waals surface area contributed by atoms with Crippen molar-refractivity contribution in [2.75, 3.05) is 6.61 Å². The minimum Gasteiger partial charge on any atom is -0.399 e. The second kappa shape index (κ2) is 10.1. The van der Waals surface area contributed by atoms with Gasteiger partial charge in [-0.3, -0.25) is 0 Å². The lowest BCUT2D eigenvalue weighted by Gasteiger charge is -2.42. The Hall–Kier alpha value is -2.18. The Morgan fingerprint density at radius 1 is 0.921 bits per heavy atom. The molecule has 3 unspecified atom stereocenters. The summed E-state index contributed by atoms with van der Waals surface area (Å²) >= 11 is 0. The molecule has 1 heterocycles. The third kappa shape index (κ3) is 4.83. The Bertz CT molecular complexity index is 1300. The fourth-order valence-corrected chi connectivity index (χ4v) is 6.57. The van der Waals surface area contributed by atoms with Gasteiger partial charge in [0.2, 0.25) is 0 Å². The molecule has 0 amide bonds. The van der Waals surface area contributed by atoms with Crippen molar-refractivity contribution in [3.05, 3.63) is 65.7 Å². The van der Waals surface area contributed by atoms with Gasteiger partial charge in [-0.2, -0.15) is 0 Å². The number of benzene rings is 3. The highest BCUT2D eigenvalue weighted by molar-refractivity contribution is 6.62. The Kier molecular flexibility index (Phi) is 7.28. The molecular formula is C33H43BO4. The van der Waals surface area contributed by atoms with Crippen LogP contribution >= 0.6 is 0 Å². The summed E-state index contributed by atoms with van der Waals surface area (Å²) in [6.07, 6.45) is 4.89. The first kappa shape index (κ1) is 27.4. The van der Waals surface area contributed by atoms with Crippen LogP contribution in [-0.2, 0) is 14.7 Å². The molecule has 0 aromatic heterocycles. The molecular weight excluding hydrogens is 471 g/mol. The number of hydrogen-bond acceptors (Lipinski definition) is 4. The lowest BCUT2D eigenvalue weighted by molar-refractivity contribution is 0.00578. The Morgan fingerprint density at radius 3 is 2.21 bits per heavy atom. The summed E-state index contributed by atoms with van der Waals surface area (Å²) in [7, 11) is -0.375. The SMILES string of the molecule is CCC1(c2cc(-c3ccc4cc(B5OC(C)(C)C(C)(C)O5)ccc4c3)ccc2C(O)CO)CCCC(C)C1. The normalized spacial score (nSPS) is 25.6. The summed E-state index contributed by atoms with van der Waals surface area (Å²) in [6, 6.07) is 19.4. The van der Waals surface area contributed by atoms with E-state index in [4.69, 9.17) is 9.31 Å². The van der Waals surface area contributed by atoms with Crippen molar-refractivity contribution in [2.45, 2.75) is 96.4 Å². The maximum atomic E-state index is 10.7. The van der Waals surface area contributed by atoms with Gasteiger partial charge in [0.1, 0.15) is 6.10 Å². The van der Waals surface area contributed by atoms with Gasteiger partial charge in [0, 0.05) is 0 Å². The van der Waals surface area contributed by atoms with E-state index >= 15 is 0 Å². The Morgan fingerprint density at radius 2 is 1.55 bits per heavy atom. The van der Waals surface area contributed by atoms with E-state index in [9.17, 15) is 10.2 Å². The van der Waals surface area contributed by atoms with Crippen LogP contribution in [0.3, 0.4) is 0 Å².